The van der Waals surface area contributed by atoms with Crippen molar-refractivity contribution in [2.45, 2.75) is 58.7 Å². The maximum atomic E-state index is 13.5. The standard InChI is InChI=1S/C24H29N3O/c1-3-22-9-5-7-13-26(22)16-20-15-19-11-10-18(2)14-23(19)27(24(20)28)17-21-8-4-6-12-25-21/h4,6,8,10-12,14-15,22H,3,5,7,9,13,16-17H2,1-2H3/t22-/m0/s1. The van der Waals surface area contributed by atoms with Crippen molar-refractivity contribution in [3.05, 3.63) is 75.8 Å². The predicted molar refractivity (Wildman–Crippen MR) is 115 cm³/mol. The van der Waals surface area contributed by atoms with E-state index in [1.54, 1.807) is 6.20 Å². The molecule has 1 aromatic carbocycles. The van der Waals surface area contributed by atoms with Gasteiger partial charge in [0.05, 0.1) is 17.8 Å². The maximum Gasteiger partial charge on any atom is 0.255 e. The van der Waals surface area contributed by atoms with Crippen LogP contribution in [0, 0.1) is 6.92 Å². The van der Waals surface area contributed by atoms with Crippen LogP contribution >= 0.6 is 0 Å². The first-order valence-corrected chi connectivity index (χ1v) is 10.4. The number of piperidine rings is 1. The molecular weight excluding hydrogens is 346 g/mol. The molecule has 0 radical (unpaired) electrons. The summed E-state index contributed by atoms with van der Waals surface area (Å²) in [6, 6.07) is 14.9. The number of nitrogens with zero attached hydrogens (tertiary/aromatic N) is 3. The van der Waals surface area contributed by atoms with Crippen LogP contribution in [-0.2, 0) is 13.1 Å². The fourth-order valence-corrected chi connectivity index (χ4v) is 4.41. The molecule has 4 rings (SSSR count). The third-order valence-electron chi connectivity index (χ3n) is 5.97. The van der Waals surface area contributed by atoms with Gasteiger partial charge in [0.15, 0.2) is 0 Å². The van der Waals surface area contributed by atoms with Gasteiger partial charge < -0.3 is 4.57 Å². The van der Waals surface area contributed by atoms with Crippen LogP contribution in [0.3, 0.4) is 0 Å². The Kier molecular flexibility index (Phi) is 5.58. The summed E-state index contributed by atoms with van der Waals surface area (Å²) in [5, 5.41) is 1.13. The number of hydrogen-bond acceptors (Lipinski definition) is 3. The Morgan fingerprint density at radius 1 is 1.11 bits per heavy atom. The molecule has 1 atom stereocenters. The lowest BCUT2D eigenvalue weighted by Crippen LogP contribution is -2.40. The zero-order chi connectivity index (χ0) is 19.5. The summed E-state index contributed by atoms with van der Waals surface area (Å²) < 4.78 is 1.91. The molecule has 28 heavy (non-hydrogen) atoms. The van der Waals surface area contributed by atoms with Crippen molar-refractivity contribution >= 4 is 10.9 Å². The molecule has 3 aromatic rings. The lowest BCUT2D eigenvalue weighted by molar-refractivity contribution is 0.135. The summed E-state index contributed by atoms with van der Waals surface area (Å²) in [5.74, 6) is 0. The first kappa shape index (κ1) is 18.9. The van der Waals surface area contributed by atoms with Crippen LogP contribution in [0.2, 0.25) is 0 Å². The molecule has 1 aliphatic rings. The average Bonchev–Trinajstić information content (AvgIpc) is 2.72. The van der Waals surface area contributed by atoms with Crippen molar-refractivity contribution in [1.29, 1.82) is 0 Å². The highest BCUT2D eigenvalue weighted by Gasteiger charge is 2.22. The molecule has 1 aliphatic heterocycles. The quantitative estimate of drug-likeness (QED) is 0.658. The van der Waals surface area contributed by atoms with Gasteiger partial charge in [-0.25, -0.2) is 0 Å². The third-order valence-corrected chi connectivity index (χ3v) is 5.97. The Balaban J connectivity index is 1.78. The predicted octanol–water partition coefficient (Wildman–Crippen LogP) is 4.52. The molecule has 0 spiro atoms. The number of fused-ring (bicyclic) bond motifs is 1. The molecule has 1 saturated heterocycles. The molecular formula is C24H29N3O. The van der Waals surface area contributed by atoms with Crippen LogP contribution in [-0.4, -0.2) is 27.0 Å². The second-order valence-corrected chi connectivity index (χ2v) is 7.97. The van der Waals surface area contributed by atoms with E-state index in [4.69, 9.17) is 0 Å². The molecule has 0 N–H and O–H groups in total. The Bertz CT molecular complexity index is 1010. The van der Waals surface area contributed by atoms with Crippen LogP contribution in [0.4, 0.5) is 0 Å². The zero-order valence-corrected chi connectivity index (χ0v) is 16.9. The second kappa shape index (κ2) is 8.27. The molecule has 0 bridgehead atoms. The summed E-state index contributed by atoms with van der Waals surface area (Å²) in [7, 11) is 0. The zero-order valence-electron chi connectivity index (χ0n) is 16.9. The minimum absolute atomic E-state index is 0.115. The summed E-state index contributed by atoms with van der Waals surface area (Å²) >= 11 is 0. The molecule has 1 fully saturated rings. The normalized spacial score (nSPS) is 17.9. The minimum Gasteiger partial charge on any atom is -0.302 e. The molecule has 4 heteroatoms. The number of rotatable bonds is 5. The monoisotopic (exact) mass is 375 g/mol. The smallest absolute Gasteiger partial charge is 0.255 e. The lowest BCUT2D eigenvalue weighted by Gasteiger charge is -2.35. The lowest BCUT2D eigenvalue weighted by atomic mass is 9.99. The average molecular weight is 376 g/mol. The Morgan fingerprint density at radius 3 is 2.79 bits per heavy atom. The van der Waals surface area contributed by atoms with Crippen molar-refractivity contribution in [3.63, 3.8) is 0 Å². The van der Waals surface area contributed by atoms with Gasteiger partial charge in [-0.1, -0.05) is 31.5 Å². The number of aryl methyl sites for hydroxylation is 1. The van der Waals surface area contributed by atoms with Gasteiger partial charge in [-0.15, -0.1) is 0 Å². The van der Waals surface area contributed by atoms with Gasteiger partial charge in [0.2, 0.25) is 0 Å². The van der Waals surface area contributed by atoms with Crippen LogP contribution in [0.15, 0.2) is 53.5 Å². The van der Waals surface area contributed by atoms with Crippen molar-refractivity contribution in [2.24, 2.45) is 0 Å². The minimum atomic E-state index is 0.115. The molecule has 0 unspecified atom stereocenters. The highest BCUT2D eigenvalue weighted by molar-refractivity contribution is 5.80. The third kappa shape index (κ3) is 3.88. The van der Waals surface area contributed by atoms with Gasteiger partial charge in [-0.2, -0.15) is 0 Å². The molecule has 0 saturated carbocycles. The van der Waals surface area contributed by atoms with Crippen molar-refractivity contribution < 1.29 is 0 Å². The largest absolute Gasteiger partial charge is 0.302 e. The van der Waals surface area contributed by atoms with Crippen LogP contribution < -0.4 is 5.56 Å². The van der Waals surface area contributed by atoms with Crippen LogP contribution in [0.1, 0.15) is 49.4 Å². The fourth-order valence-electron chi connectivity index (χ4n) is 4.41. The number of pyridine rings is 2. The number of likely N-dealkylation sites (tertiary alicyclic amines) is 1. The van der Waals surface area contributed by atoms with E-state index in [-0.39, 0.29) is 5.56 Å². The van der Waals surface area contributed by atoms with Crippen molar-refractivity contribution in [3.8, 4) is 0 Å². The van der Waals surface area contributed by atoms with Gasteiger partial charge in [-0.05, 0) is 67.9 Å². The van der Waals surface area contributed by atoms with Crippen LogP contribution in [0.25, 0.3) is 10.9 Å². The van der Waals surface area contributed by atoms with Crippen molar-refractivity contribution in [1.82, 2.24) is 14.5 Å². The Labute approximate surface area is 166 Å². The Hall–Kier alpha value is -2.46. The van der Waals surface area contributed by atoms with E-state index < -0.39 is 0 Å². The number of hydrogen-bond donors (Lipinski definition) is 0. The van der Waals surface area contributed by atoms with E-state index in [0.29, 0.717) is 12.6 Å². The van der Waals surface area contributed by atoms with E-state index in [1.807, 2.05) is 22.8 Å². The molecule has 146 valence electrons. The maximum absolute atomic E-state index is 13.5. The van der Waals surface area contributed by atoms with E-state index in [0.717, 1.165) is 47.2 Å². The molecule has 0 amide bonds. The molecule has 2 aromatic heterocycles. The van der Waals surface area contributed by atoms with Crippen LogP contribution in [0.5, 0.6) is 0 Å². The first-order chi connectivity index (χ1) is 13.7. The SMILES string of the molecule is CC[C@H]1CCCCN1Cc1cc2ccc(C)cc2n(Cc2ccccn2)c1=O. The van der Waals surface area contributed by atoms with E-state index in [2.05, 4.69) is 48.0 Å². The summed E-state index contributed by atoms with van der Waals surface area (Å²) in [6.07, 6.45) is 6.71. The van der Waals surface area contributed by atoms with Gasteiger partial charge in [0.1, 0.15) is 0 Å². The Morgan fingerprint density at radius 2 is 2.00 bits per heavy atom. The highest BCUT2D eigenvalue weighted by atomic mass is 16.1. The number of benzene rings is 1. The topological polar surface area (TPSA) is 38.1 Å². The van der Waals surface area contributed by atoms with Gasteiger partial charge in [0.25, 0.3) is 5.56 Å². The van der Waals surface area contributed by atoms with Crippen molar-refractivity contribution in [2.75, 3.05) is 6.54 Å². The van der Waals surface area contributed by atoms with E-state index in [1.165, 1.54) is 19.3 Å². The summed E-state index contributed by atoms with van der Waals surface area (Å²) in [6.45, 7) is 6.66. The summed E-state index contributed by atoms with van der Waals surface area (Å²) in [5.41, 5.74) is 4.08. The second-order valence-electron chi connectivity index (χ2n) is 7.97. The number of aromatic nitrogens is 2. The first-order valence-electron chi connectivity index (χ1n) is 10.4. The molecule has 0 aliphatic carbocycles. The summed E-state index contributed by atoms with van der Waals surface area (Å²) in [4.78, 5) is 20.4. The van der Waals surface area contributed by atoms with E-state index in [9.17, 15) is 4.79 Å². The van der Waals surface area contributed by atoms with Gasteiger partial charge in [-0.3, -0.25) is 14.7 Å². The fraction of sp³-hybridized carbons (Fsp3) is 0.417. The van der Waals surface area contributed by atoms with Gasteiger partial charge in [0, 0.05) is 24.3 Å². The van der Waals surface area contributed by atoms with E-state index >= 15 is 0 Å². The molecule has 4 nitrogen and oxygen atoms in total. The highest BCUT2D eigenvalue weighted by Crippen LogP contribution is 2.23. The van der Waals surface area contributed by atoms with Gasteiger partial charge >= 0.3 is 0 Å². The molecule has 3 heterocycles.